The molecule has 0 saturated heterocycles. The summed E-state index contributed by atoms with van der Waals surface area (Å²) >= 11 is 24.2. The van der Waals surface area contributed by atoms with E-state index in [1.165, 1.54) is 12.1 Å². The number of nitrogens with one attached hydrogen (secondary N) is 2. The molecule has 0 unspecified atom stereocenters. The summed E-state index contributed by atoms with van der Waals surface area (Å²) in [6.07, 6.45) is 0. The molecule has 0 amide bonds. The van der Waals surface area contributed by atoms with Gasteiger partial charge in [-0.15, -0.1) is 0 Å². The van der Waals surface area contributed by atoms with Crippen LogP contribution >= 0.6 is 46.4 Å². The lowest BCUT2D eigenvalue weighted by Gasteiger charge is -2.10. The van der Waals surface area contributed by atoms with Gasteiger partial charge in [0.2, 0.25) is 10.8 Å². The van der Waals surface area contributed by atoms with Crippen molar-refractivity contribution in [2.75, 3.05) is 10.6 Å². The van der Waals surface area contributed by atoms with Gasteiger partial charge in [0.15, 0.2) is 9.95 Å². The van der Waals surface area contributed by atoms with Crippen molar-refractivity contribution in [2.24, 2.45) is 0 Å². The van der Waals surface area contributed by atoms with Gasteiger partial charge in [0, 0.05) is 12.1 Å². The summed E-state index contributed by atoms with van der Waals surface area (Å²) in [5.41, 5.74) is 3.36. The fourth-order valence-corrected chi connectivity index (χ4v) is 4.08. The zero-order valence-electron chi connectivity index (χ0n) is 20.9. The zero-order chi connectivity index (χ0) is 31.2. The minimum absolute atomic E-state index is 0.298. The molecule has 208 valence electrons. The van der Waals surface area contributed by atoms with Crippen LogP contribution in [0.1, 0.15) is 11.1 Å². The Balaban J connectivity index is 0.000000261. The summed E-state index contributed by atoms with van der Waals surface area (Å²) in [4.78, 5) is 6.06. The zero-order valence-corrected chi connectivity index (χ0v) is 23.9. The average molecular weight is 642 g/mol. The van der Waals surface area contributed by atoms with Crippen LogP contribution in [0.3, 0.4) is 0 Å². The van der Waals surface area contributed by atoms with Crippen LogP contribution in [0, 0.1) is 33.4 Å². The van der Waals surface area contributed by atoms with E-state index in [1.807, 2.05) is 12.1 Å². The lowest BCUT2D eigenvalue weighted by molar-refractivity contribution is -0.366. The molecule has 0 atom stereocenters. The third-order valence-electron chi connectivity index (χ3n) is 4.92. The fourth-order valence-electron chi connectivity index (χ4n) is 3.10. The van der Waals surface area contributed by atoms with Crippen molar-refractivity contribution in [3.63, 3.8) is 0 Å². The molecule has 0 heterocycles. The largest absolute Gasteiger partial charge is 0.867 e. The highest BCUT2D eigenvalue weighted by Gasteiger charge is 2.14. The number of para-hydroxylation sites is 2. The van der Waals surface area contributed by atoms with Crippen LogP contribution in [-0.2, 0) is 0 Å². The van der Waals surface area contributed by atoms with Crippen LogP contribution < -0.4 is 20.7 Å². The Kier molecular flexibility index (Phi) is 13.3. The minimum atomic E-state index is -3.17. The summed E-state index contributed by atoms with van der Waals surface area (Å²) in [5.74, 6) is 0. The first-order chi connectivity index (χ1) is 20.0. The second-order valence-corrected chi connectivity index (χ2v) is 9.23. The van der Waals surface area contributed by atoms with Gasteiger partial charge in [0.1, 0.15) is 19.5 Å². The van der Waals surface area contributed by atoms with Crippen LogP contribution in [0.25, 0.3) is 9.95 Å². The molecule has 0 aromatic heterocycles. The van der Waals surface area contributed by atoms with E-state index in [-0.39, 0.29) is 0 Å². The van der Waals surface area contributed by atoms with Crippen molar-refractivity contribution in [1.82, 2.24) is 0 Å². The highest BCUT2D eigenvalue weighted by molar-refractivity contribution is 6.40. The number of rotatable bonds is 4. The maximum atomic E-state index is 9.89. The number of hydrogen-bond donors (Lipinski definition) is 2. The SMILES string of the molecule is N#Cc1cc([N+]#N)ccc1Nc1c(Cl)cccc1Cl.N#Cc1cc([N+]#N)ccc1Nc1c(Cl)cccc1Cl.[O-]B([O-])F. The molecule has 16 heteroatoms. The number of hydrogen-bond acceptors (Lipinski definition) is 8. The third-order valence-corrected chi connectivity index (χ3v) is 6.18. The fraction of sp³-hybridized carbons (Fsp3) is 0. The first kappa shape index (κ1) is 33.6. The van der Waals surface area contributed by atoms with Gasteiger partial charge in [-0.3, -0.25) is 0 Å². The highest BCUT2D eigenvalue weighted by atomic mass is 35.5. The number of benzene rings is 4. The molecule has 0 aliphatic carbocycles. The Morgan fingerprint density at radius 2 is 0.952 bits per heavy atom. The summed E-state index contributed by atoms with van der Waals surface area (Å²) in [6, 6.07) is 23.5. The second-order valence-electron chi connectivity index (χ2n) is 7.60. The topological polar surface area (TPSA) is 174 Å². The molecule has 0 aliphatic heterocycles. The van der Waals surface area contributed by atoms with Gasteiger partial charge in [0.05, 0.1) is 66.1 Å². The molecular formula is C26H14BCl4FN8O2. The van der Waals surface area contributed by atoms with Crippen molar-refractivity contribution >= 4 is 87.9 Å². The molecule has 4 aromatic rings. The third kappa shape index (κ3) is 9.78. The molecule has 2 N–H and O–H groups in total. The molecule has 10 nitrogen and oxygen atoms in total. The van der Waals surface area contributed by atoms with E-state index in [0.29, 0.717) is 65.3 Å². The van der Waals surface area contributed by atoms with E-state index in [1.54, 1.807) is 60.7 Å². The summed E-state index contributed by atoms with van der Waals surface area (Å²) < 4.78 is 9.89. The van der Waals surface area contributed by atoms with Gasteiger partial charge >= 0.3 is 11.4 Å². The second kappa shape index (κ2) is 16.6. The molecular weight excluding hydrogens is 628 g/mol. The first-order valence-corrected chi connectivity index (χ1v) is 12.7. The Hall–Kier alpha value is -4.63. The molecule has 0 spiro atoms. The predicted octanol–water partition coefficient (Wildman–Crippen LogP) is 7.85. The number of nitriles is 2. The summed E-state index contributed by atoms with van der Waals surface area (Å²) in [5, 5.41) is 59.9. The Morgan fingerprint density at radius 1 is 0.643 bits per heavy atom. The maximum absolute atomic E-state index is 9.89. The number of diazo groups is 2. The smallest absolute Gasteiger partial charge is 0.386 e. The molecule has 0 aliphatic rings. The molecule has 0 fully saturated rings. The lowest BCUT2D eigenvalue weighted by atomic mass is 10.1. The van der Waals surface area contributed by atoms with Gasteiger partial charge in [-0.05, 0) is 36.4 Å². The minimum Gasteiger partial charge on any atom is -0.867 e. The van der Waals surface area contributed by atoms with Gasteiger partial charge in [-0.1, -0.05) is 58.5 Å². The summed E-state index contributed by atoms with van der Waals surface area (Å²) in [6.45, 7) is 0. The van der Waals surface area contributed by atoms with Gasteiger partial charge < -0.3 is 25.0 Å². The van der Waals surface area contributed by atoms with Crippen molar-refractivity contribution in [3.8, 4) is 12.1 Å². The van der Waals surface area contributed by atoms with Gasteiger partial charge in [0.25, 0.3) is 0 Å². The van der Waals surface area contributed by atoms with Crippen molar-refractivity contribution in [3.05, 3.63) is 114 Å². The van der Waals surface area contributed by atoms with Crippen LogP contribution in [0.5, 0.6) is 0 Å². The standard InChI is InChI=1S/2C13H7Cl2N4.BFO2/c2*14-10-2-1-3-11(15)13(10)18-12-5-4-9(19-17)6-8(12)7-16;2-1(3)4/h2*1-6,18H;/q2*+1;-2. The highest BCUT2D eigenvalue weighted by Crippen LogP contribution is 2.35. The molecule has 0 radical (unpaired) electrons. The van der Waals surface area contributed by atoms with Crippen molar-refractivity contribution < 1.29 is 14.4 Å². The van der Waals surface area contributed by atoms with Crippen LogP contribution in [0.15, 0.2) is 72.8 Å². The lowest BCUT2D eigenvalue weighted by Crippen LogP contribution is -2.39. The van der Waals surface area contributed by atoms with E-state index < -0.39 is 7.40 Å². The molecule has 42 heavy (non-hydrogen) atoms. The number of anilines is 4. The molecule has 0 bridgehead atoms. The first-order valence-electron chi connectivity index (χ1n) is 11.2. The van der Waals surface area contributed by atoms with Gasteiger partial charge in [-0.25, -0.2) is 0 Å². The quantitative estimate of drug-likeness (QED) is 0.167. The summed E-state index contributed by atoms with van der Waals surface area (Å²) in [7, 11) is -3.17. The van der Waals surface area contributed by atoms with E-state index in [2.05, 4.69) is 20.6 Å². The molecule has 4 rings (SSSR count). The van der Waals surface area contributed by atoms with Gasteiger partial charge in [-0.2, -0.15) is 10.5 Å². The molecule has 0 saturated carbocycles. The normalized spacial score (nSPS) is 9.21. The van der Waals surface area contributed by atoms with Crippen LogP contribution in [-0.4, -0.2) is 7.40 Å². The predicted molar refractivity (Wildman–Crippen MR) is 158 cm³/mol. The van der Waals surface area contributed by atoms with Crippen LogP contribution in [0.4, 0.5) is 38.4 Å². The van der Waals surface area contributed by atoms with Crippen LogP contribution in [0.2, 0.25) is 20.1 Å². The average Bonchev–Trinajstić information content (AvgIpc) is 2.97. The Bertz CT molecular complexity index is 1580. The van der Waals surface area contributed by atoms with Crippen molar-refractivity contribution in [2.45, 2.75) is 0 Å². The number of nitrogens with zero attached hydrogens (tertiary/aromatic N) is 6. The van der Waals surface area contributed by atoms with E-state index in [9.17, 15) is 4.32 Å². The Morgan fingerprint density at radius 3 is 1.21 bits per heavy atom. The van der Waals surface area contributed by atoms with Crippen molar-refractivity contribution in [1.29, 1.82) is 21.3 Å². The monoisotopic (exact) mass is 640 g/mol. The van der Waals surface area contributed by atoms with E-state index >= 15 is 0 Å². The maximum Gasteiger partial charge on any atom is 0.386 e. The van der Waals surface area contributed by atoms with E-state index in [4.69, 9.17) is 77.8 Å². The molecule has 4 aromatic carbocycles. The van der Waals surface area contributed by atoms with E-state index in [0.717, 1.165) is 0 Å². The number of halogens is 5. The Labute approximate surface area is 259 Å².